The van der Waals surface area contributed by atoms with Gasteiger partial charge in [0.05, 0.1) is 0 Å². The van der Waals surface area contributed by atoms with Gasteiger partial charge in [0.15, 0.2) is 11.2 Å². The van der Waals surface area contributed by atoms with Crippen molar-refractivity contribution >= 4 is 31.9 Å². The van der Waals surface area contributed by atoms with Gasteiger partial charge in [-0.2, -0.15) is 0 Å². The van der Waals surface area contributed by atoms with E-state index in [0.717, 1.165) is 22.3 Å². The van der Waals surface area contributed by atoms with Gasteiger partial charge in [0.25, 0.3) is 0 Å². The molecule has 0 amide bonds. The van der Waals surface area contributed by atoms with E-state index in [0.29, 0.717) is 0 Å². The molecule has 1 aliphatic carbocycles. The van der Waals surface area contributed by atoms with Gasteiger partial charge in [-0.05, 0) is 21.5 Å². The van der Waals surface area contributed by atoms with Gasteiger partial charge in [0.1, 0.15) is 0 Å². The molecule has 0 aromatic heterocycles. The van der Waals surface area contributed by atoms with E-state index in [1.807, 2.05) is 48.5 Å². The molecule has 2 aromatic carbocycles. The second kappa shape index (κ2) is 6.75. The third-order valence-electron chi connectivity index (χ3n) is 4.43. The Balaban J connectivity index is 2.52. The summed E-state index contributed by atoms with van der Waals surface area (Å²) in [5, 5.41) is 0. The number of hydrogen-bond acceptors (Lipinski definition) is 2. The van der Waals surface area contributed by atoms with Crippen LogP contribution in [0.1, 0.15) is 22.3 Å². The van der Waals surface area contributed by atoms with E-state index in [-0.39, 0.29) is 0 Å². The second-order valence-electron chi connectivity index (χ2n) is 5.30. The van der Waals surface area contributed by atoms with Crippen molar-refractivity contribution in [2.45, 2.75) is 11.2 Å². The van der Waals surface area contributed by atoms with Crippen LogP contribution in [-0.4, -0.2) is 14.2 Å². The van der Waals surface area contributed by atoms with Crippen molar-refractivity contribution in [3.63, 3.8) is 0 Å². The van der Waals surface area contributed by atoms with Gasteiger partial charge in [-0.3, -0.25) is 0 Å². The Morgan fingerprint density at radius 3 is 1.17 bits per heavy atom. The van der Waals surface area contributed by atoms with Crippen molar-refractivity contribution in [3.8, 4) is 21.5 Å². The lowest BCUT2D eigenvalue weighted by atomic mass is 9.68. The monoisotopic (exact) mass is 444 g/mol. The van der Waals surface area contributed by atoms with Crippen LogP contribution in [0.4, 0.5) is 0 Å². The Morgan fingerprint density at radius 2 is 0.958 bits per heavy atom. The van der Waals surface area contributed by atoms with Crippen LogP contribution in [0, 0.1) is 21.5 Å². The molecule has 0 atom stereocenters. The van der Waals surface area contributed by atoms with Crippen molar-refractivity contribution < 1.29 is 9.47 Å². The minimum Gasteiger partial charge on any atom is -0.357 e. The molecule has 0 radical (unpaired) electrons. The predicted octanol–water partition coefficient (Wildman–Crippen LogP) is 4.49. The fraction of sp³-hybridized carbons (Fsp3) is 0.200. The molecule has 0 saturated carbocycles. The average molecular weight is 446 g/mol. The number of halogens is 2. The smallest absolute Gasteiger partial charge is 0.180 e. The summed E-state index contributed by atoms with van der Waals surface area (Å²) in [6.07, 6.45) is 0. The molecule has 2 aromatic rings. The fourth-order valence-electron chi connectivity index (χ4n) is 3.43. The highest BCUT2D eigenvalue weighted by atomic mass is 79.9. The van der Waals surface area contributed by atoms with Gasteiger partial charge in [-0.25, -0.2) is 0 Å². The molecule has 0 unspecified atom stereocenters. The van der Waals surface area contributed by atoms with Gasteiger partial charge in [0, 0.05) is 68.3 Å². The summed E-state index contributed by atoms with van der Waals surface area (Å²) in [4.78, 5) is 5.68. The highest BCUT2D eigenvalue weighted by Gasteiger charge is 2.50. The topological polar surface area (TPSA) is 18.5 Å². The Bertz CT molecular complexity index is 775. The second-order valence-corrected chi connectivity index (χ2v) is 6.09. The van der Waals surface area contributed by atoms with E-state index in [4.69, 9.17) is 9.47 Å². The number of hydrogen-bond donors (Lipinski definition) is 0. The van der Waals surface area contributed by atoms with Crippen LogP contribution in [0.5, 0.6) is 0 Å². The SMILES string of the molecule is COC1(C#CBr)c2ccccc2C(C#CBr)(OC)c2ccccc21. The average Bonchev–Trinajstić information content (AvgIpc) is 2.64. The van der Waals surface area contributed by atoms with Gasteiger partial charge >= 0.3 is 0 Å². The maximum Gasteiger partial charge on any atom is 0.180 e. The lowest BCUT2D eigenvalue weighted by Crippen LogP contribution is -2.43. The zero-order valence-electron chi connectivity index (χ0n) is 13.2. The highest BCUT2D eigenvalue weighted by molar-refractivity contribution is 9.12. The number of ether oxygens (including phenoxy) is 2. The molecule has 24 heavy (non-hydrogen) atoms. The largest absolute Gasteiger partial charge is 0.357 e. The summed E-state index contributed by atoms with van der Waals surface area (Å²) < 4.78 is 11.9. The third kappa shape index (κ3) is 2.26. The minimum absolute atomic E-state index is 0.882. The number of rotatable bonds is 2. The van der Waals surface area contributed by atoms with E-state index in [1.54, 1.807) is 14.2 Å². The maximum absolute atomic E-state index is 5.97. The number of methoxy groups -OCH3 is 2. The minimum atomic E-state index is -0.882. The first-order valence-electron chi connectivity index (χ1n) is 7.26. The van der Waals surface area contributed by atoms with Crippen LogP contribution in [-0.2, 0) is 20.7 Å². The standard InChI is InChI=1S/C20H14Br2O2/c1-23-19(11-13-21)15-7-3-5-9-17(15)20(24-2,12-14-22)18-10-6-4-8-16(18)19/h3-10H,1-2H3. The Labute approximate surface area is 158 Å². The van der Waals surface area contributed by atoms with E-state index >= 15 is 0 Å². The van der Waals surface area contributed by atoms with Gasteiger partial charge in [0.2, 0.25) is 0 Å². The summed E-state index contributed by atoms with van der Waals surface area (Å²) in [7, 11) is 3.34. The van der Waals surface area contributed by atoms with Crippen molar-refractivity contribution in [3.05, 3.63) is 70.8 Å². The molecule has 0 fully saturated rings. The molecule has 4 heteroatoms. The van der Waals surface area contributed by atoms with Crippen molar-refractivity contribution in [1.82, 2.24) is 0 Å². The van der Waals surface area contributed by atoms with Crippen LogP contribution in [0.15, 0.2) is 48.5 Å². The van der Waals surface area contributed by atoms with E-state index in [9.17, 15) is 0 Å². The first-order valence-corrected chi connectivity index (χ1v) is 8.84. The van der Waals surface area contributed by atoms with Crippen LogP contribution < -0.4 is 0 Å². The van der Waals surface area contributed by atoms with Gasteiger partial charge < -0.3 is 9.47 Å². The van der Waals surface area contributed by atoms with Crippen molar-refractivity contribution in [1.29, 1.82) is 0 Å². The normalized spacial score (nSPS) is 23.8. The molecule has 120 valence electrons. The maximum atomic E-state index is 5.97. The van der Waals surface area contributed by atoms with Crippen LogP contribution in [0.2, 0.25) is 0 Å². The third-order valence-corrected chi connectivity index (χ3v) is 4.83. The summed E-state index contributed by atoms with van der Waals surface area (Å²) in [5.74, 6) is 6.39. The van der Waals surface area contributed by atoms with E-state index in [1.165, 1.54) is 0 Å². The first-order chi connectivity index (χ1) is 11.7. The molecular formula is C20H14Br2O2. The van der Waals surface area contributed by atoms with Crippen LogP contribution >= 0.6 is 31.9 Å². The molecule has 0 bridgehead atoms. The Morgan fingerprint density at radius 1 is 0.667 bits per heavy atom. The lowest BCUT2D eigenvalue weighted by molar-refractivity contribution is 0.0331. The lowest BCUT2D eigenvalue weighted by Gasteiger charge is -2.43. The summed E-state index contributed by atoms with van der Waals surface area (Å²) in [6.45, 7) is 0. The molecule has 0 spiro atoms. The van der Waals surface area contributed by atoms with Crippen molar-refractivity contribution in [2.24, 2.45) is 0 Å². The van der Waals surface area contributed by atoms with E-state index < -0.39 is 11.2 Å². The molecule has 2 nitrogen and oxygen atoms in total. The van der Waals surface area contributed by atoms with Crippen LogP contribution in [0.25, 0.3) is 0 Å². The van der Waals surface area contributed by atoms with Crippen molar-refractivity contribution in [2.75, 3.05) is 14.2 Å². The summed E-state index contributed by atoms with van der Waals surface area (Å²) in [6, 6.07) is 15.9. The molecule has 0 heterocycles. The molecule has 0 saturated heterocycles. The molecule has 0 aliphatic heterocycles. The molecule has 3 rings (SSSR count). The molecular weight excluding hydrogens is 432 g/mol. The summed E-state index contributed by atoms with van der Waals surface area (Å²) >= 11 is 6.47. The zero-order valence-corrected chi connectivity index (χ0v) is 16.4. The predicted molar refractivity (Wildman–Crippen MR) is 102 cm³/mol. The quantitative estimate of drug-likeness (QED) is 0.634. The van der Waals surface area contributed by atoms with E-state index in [2.05, 4.69) is 53.4 Å². The Kier molecular flexibility index (Phi) is 4.85. The Hall–Kier alpha value is -1.56. The molecule has 1 aliphatic rings. The van der Waals surface area contributed by atoms with Gasteiger partial charge in [-0.15, -0.1) is 0 Å². The summed E-state index contributed by atoms with van der Waals surface area (Å²) in [5.41, 5.74) is 1.94. The van der Waals surface area contributed by atoms with Gasteiger partial charge in [-0.1, -0.05) is 48.5 Å². The first kappa shape index (κ1) is 17.3. The fourth-order valence-corrected chi connectivity index (χ4v) is 3.99. The number of benzene rings is 2. The molecule has 0 N–H and O–H groups in total. The van der Waals surface area contributed by atoms with Crippen LogP contribution in [0.3, 0.4) is 0 Å². The highest BCUT2D eigenvalue weighted by Crippen LogP contribution is 2.50. The number of fused-ring (bicyclic) bond motifs is 2. The zero-order chi connectivity index (χ0) is 17.2.